The van der Waals surface area contributed by atoms with Gasteiger partial charge in [-0.15, -0.1) is 11.8 Å². The third-order valence-electron chi connectivity index (χ3n) is 3.56. The van der Waals surface area contributed by atoms with Crippen LogP contribution in [0, 0.1) is 5.82 Å². The molecule has 2 aromatic rings. The third-order valence-corrected chi connectivity index (χ3v) is 4.48. The number of amides is 1. The van der Waals surface area contributed by atoms with Gasteiger partial charge in [-0.3, -0.25) is 4.79 Å². The number of thioether (sulfide) groups is 1. The van der Waals surface area contributed by atoms with E-state index in [1.807, 2.05) is 0 Å². The molecule has 128 valence electrons. The summed E-state index contributed by atoms with van der Waals surface area (Å²) >= 11 is 1.39. The number of hydrogen-bond acceptors (Lipinski definition) is 6. The summed E-state index contributed by atoms with van der Waals surface area (Å²) in [6.45, 7) is 1.34. The minimum atomic E-state index is -0.351. The summed E-state index contributed by atoms with van der Waals surface area (Å²) in [5.41, 5.74) is 0.560. The molecule has 0 saturated carbocycles. The van der Waals surface area contributed by atoms with Crippen molar-refractivity contribution < 1.29 is 18.4 Å². The summed E-state index contributed by atoms with van der Waals surface area (Å²) in [5.74, 6) is 1.09. The highest BCUT2D eigenvalue weighted by molar-refractivity contribution is 7.99. The molecular weight excluding hydrogens is 333 g/mol. The van der Waals surface area contributed by atoms with E-state index in [1.165, 1.54) is 23.9 Å². The van der Waals surface area contributed by atoms with Crippen LogP contribution in [0.1, 0.15) is 18.7 Å². The van der Waals surface area contributed by atoms with E-state index in [1.54, 1.807) is 12.1 Å². The molecule has 0 unspecified atom stereocenters. The highest BCUT2D eigenvalue weighted by atomic mass is 32.2. The summed E-state index contributed by atoms with van der Waals surface area (Å²) in [6, 6.07) is 6.01. The molecule has 1 saturated heterocycles. The van der Waals surface area contributed by atoms with Gasteiger partial charge in [0, 0.05) is 18.7 Å². The second kappa shape index (κ2) is 8.25. The van der Waals surface area contributed by atoms with Gasteiger partial charge in [0.2, 0.25) is 17.6 Å². The van der Waals surface area contributed by atoms with E-state index in [0.29, 0.717) is 35.3 Å². The lowest BCUT2D eigenvalue weighted by Gasteiger charge is -2.10. The number of rotatable bonds is 7. The molecule has 1 aromatic heterocycles. The van der Waals surface area contributed by atoms with Crippen LogP contribution in [0.5, 0.6) is 0 Å². The molecule has 1 aromatic carbocycles. The first-order chi connectivity index (χ1) is 11.7. The zero-order chi connectivity index (χ0) is 16.8. The van der Waals surface area contributed by atoms with Crippen molar-refractivity contribution in [2.45, 2.75) is 24.7 Å². The molecule has 24 heavy (non-hydrogen) atoms. The van der Waals surface area contributed by atoms with E-state index < -0.39 is 0 Å². The molecule has 0 radical (unpaired) electrons. The summed E-state index contributed by atoms with van der Waals surface area (Å²) < 4.78 is 23.8. The quantitative estimate of drug-likeness (QED) is 0.825. The van der Waals surface area contributed by atoms with Gasteiger partial charge < -0.3 is 14.6 Å². The molecule has 8 heteroatoms. The van der Waals surface area contributed by atoms with E-state index in [0.717, 1.165) is 19.4 Å². The van der Waals surface area contributed by atoms with E-state index >= 15 is 0 Å². The largest absolute Gasteiger partial charge is 0.376 e. The lowest BCUT2D eigenvalue weighted by Crippen LogP contribution is -2.32. The predicted molar refractivity (Wildman–Crippen MR) is 87.8 cm³/mol. The Morgan fingerprint density at radius 2 is 2.38 bits per heavy atom. The fourth-order valence-electron chi connectivity index (χ4n) is 2.37. The molecule has 1 atom stereocenters. The maximum Gasteiger partial charge on any atom is 0.236 e. The number of carbonyl (C=O) groups excluding carboxylic acids is 1. The van der Waals surface area contributed by atoms with Crippen LogP contribution in [0.3, 0.4) is 0 Å². The first-order valence-corrected chi connectivity index (χ1v) is 8.91. The number of carbonyl (C=O) groups is 1. The van der Waals surface area contributed by atoms with Crippen LogP contribution in [0.15, 0.2) is 28.8 Å². The number of aromatic nitrogens is 2. The van der Waals surface area contributed by atoms with E-state index in [2.05, 4.69) is 15.5 Å². The Bertz CT molecular complexity index is 689. The second-order valence-corrected chi connectivity index (χ2v) is 6.44. The smallest absolute Gasteiger partial charge is 0.236 e. The fourth-order valence-corrected chi connectivity index (χ4v) is 3.05. The van der Waals surface area contributed by atoms with Crippen LogP contribution in [0.4, 0.5) is 4.39 Å². The predicted octanol–water partition coefficient (Wildman–Crippen LogP) is 2.40. The van der Waals surface area contributed by atoms with Crippen LogP contribution < -0.4 is 5.32 Å². The number of halogens is 1. The van der Waals surface area contributed by atoms with E-state index in [9.17, 15) is 9.18 Å². The Morgan fingerprint density at radius 3 is 3.17 bits per heavy atom. The Balaban J connectivity index is 1.41. The average molecular weight is 351 g/mol. The van der Waals surface area contributed by atoms with Gasteiger partial charge in [0.25, 0.3) is 0 Å². The van der Waals surface area contributed by atoms with Gasteiger partial charge in [-0.1, -0.05) is 17.3 Å². The first-order valence-electron chi connectivity index (χ1n) is 7.75. The second-order valence-electron chi connectivity index (χ2n) is 5.45. The molecule has 1 amide bonds. The van der Waals surface area contributed by atoms with Crippen molar-refractivity contribution >= 4 is 17.7 Å². The number of ether oxygens (including phenoxy) is 1. The molecule has 0 bridgehead atoms. The molecule has 0 spiro atoms. The van der Waals surface area contributed by atoms with Crippen LogP contribution >= 0.6 is 11.8 Å². The van der Waals surface area contributed by atoms with Gasteiger partial charge in [-0.25, -0.2) is 4.39 Å². The Kier molecular flexibility index (Phi) is 5.81. The monoisotopic (exact) mass is 351 g/mol. The summed E-state index contributed by atoms with van der Waals surface area (Å²) in [5, 5.41) is 6.69. The lowest BCUT2D eigenvalue weighted by molar-refractivity contribution is -0.119. The molecule has 6 nitrogen and oxygen atoms in total. The van der Waals surface area contributed by atoms with Crippen molar-refractivity contribution in [3.8, 4) is 11.4 Å². The summed E-state index contributed by atoms with van der Waals surface area (Å²) in [4.78, 5) is 16.0. The van der Waals surface area contributed by atoms with Gasteiger partial charge in [0.15, 0.2) is 0 Å². The molecule has 3 rings (SSSR count). The normalized spacial score (nSPS) is 17.1. The molecule has 2 heterocycles. The van der Waals surface area contributed by atoms with Gasteiger partial charge in [0.05, 0.1) is 17.6 Å². The fraction of sp³-hybridized carbons (Fsp3) is 0.438. The van der Waals surface area contributed by atoms with Gasteiger partial charge in [-0.2, -0.15) is 4.98 Å². The SMILES string of the molecule is O=C(CSCc1nc(-c2cccc(F)c2)no1)NC[C@H]1CCCO1. The highest BCUT2D eigenvalue weighted by Gasteiger charge is 2.16. The standard InChI is InChI=1S/C16H18FN3O3S/c17-12-4-1-3-11(7-12)16-19-15(23-20-16)10-24-9-14(21)18-8-13-5-2-6-22-13/h1,3-4,7,13H,2,5-6,8-10H2,(H,18,21)/t13-/m1/s1. The molecule has 1 N–H and O–H groups in total. The van der Waals surface area contributed by atoms with Gasteiger partial charge >= 0.3 is 0 Å². The van der Waals surface area contributed by atoms with Crippen molar-refractivity contribution in [2.24, 2.45) is 0 Å². The number of hydrogen-bond donors (Lipinski definition) is 1. The Morgan fingerprint density at radius 1 is 1.46 bits per heavy atom. The van der Waals surface area contributed by atoms with Crippen molar-refractivity contribution in [1.82, 2.24) is 15.5 Å². The summed E-state index contributed by atoms with van der Waals surface area (Å²) in [6.07, 6.45) is 2.20. The van der Waals surface area contributed by atoms with Crippen LogP contribution in [0.2, 0.25) is 0 Å². The Labute approximate surface area is 143 Å². The Hall–Kier alpha value is -1.93. The zero-order valence-corrected chi connectivity index (χ0v) is 13.9. The molecular formula is C16H18FN3O3S. The zero-order valence-electron chi connectivity index (χ0n) is 13.0. The maximum atomic E-state index is 13.2. The number of nitrogens with one attached hydrogen (secondary N) is 1. The van der Waals surface area contributed by atoms with Crippen molar-refractivity contribution in [3.63, 3.8) is 0 Å². The van der Waals surface area contributed by atoms with Gasteiger partial charge in [-0.05, 0) is 25.0 Å². The minimum Gasteiger partial charge on any atom is -0.376 e. The van der Waals surface area contributed by atoms with E-state index in [4.69, 9.17) is 9.26 Å². The van der Waals surface area contributed by atoms with Crippen LogP contribution in [-0.4, -0.2) is 41.1 Å². The van der Waals surface area contributed by atoms with Crippen molar-refractivity contribution in [3.05, 3.63) is 36.0 Å². The lowest BCUT2D eigenvalue weighted by atomic mass is 10.2. The maximum absolute atomic E-state index is 13.2. The molecule has 1 aliphatic heterocycles. The van der Waals surface area contributed by atoms with Crippen LogP contribution in [0.25, 0.3) is 11.4 Å². The van der Waals surface area contributed by atoms with Crippen molar-refractivity contribution in [2.75, 3.05) is 18.9 Å². The van der Waals surface area contributed by atoms with E-state index in [-0.39, 0.29) is 17.8 Å². The molecule has 1 aliphatic rings. The summed E-state index contributed by atoms with van der Waals surface area (Å²) in [7, 11) is 0. The molecule has 1 fully saturated rings. The van der Waals surface area contributed by atoms with Gasteiger partial charge in [0.1, 0.15) is 5.82 Å². The third kappa shape index (κ3) is 4.78. The number of benzene rings is 1. The van der Waals surface area contributed by atoms with Crippen LogP contribution in [-0.2, 0) is 15.3 Å². The topological polar surface area (TPSA) is 77.2 Å². The minimum absolute atomic E-state index is 0.0413. The highest BCUT2D eigenvalue weighted by Crippen LogP contribution is 2.18. The van der Waals surface area contributed by atoms with Crippen molar-refractivity contribution in [1.29, 1.82) is 0 Å². The molecule has 0 aliphatic carbocycles. The first kappa shape index (κ1) is 16.9. The number of nitrogens with zero attached hydrogens (tertiary/aromatic N) is 2. The average Bonchev–Trinajstić information content (AvgIpc) is 3.25.